The van der Waals surface area contributed by atoms with Gasteiger partial charge in [0.1, 0.15) is 0 Å². The van der Waals surface area contributed by atoms with E-state index in [1.54, 1.807) is 12.1 Å². The van der Waals surface area contributed by atoms with Gasteiger partial charge >= 0.3 is 0 Å². The van der Waals surface area contributed by atoms with Crippen LogP contribution in [0.1, 0.15) is 24.8 Å². The predicted molar refractivity (Wildman–Crippen MR) is 74.3 cm³/mol. The molecule has 2 N–H and O–H groups in total. The summed E-state index contributed by atoms with van der Waals surface area (Å²) in [6, 6.07) is 4.34. The third-order valence-corrected chi connectivity index (χ3v) is 3.66. The molecule has 0 amide bonds. The van der Waals surface area contributed by atoms with Gasteiger partial charge in [0, 0.05) is 31.8 Å². The van der Waals surface area contributed by atoms with Crippen LogP contribution in [0.15, 0.2) is 18.2 Å². The van der Waals surface area contributed by atoms with Crippen LogP contribution in [-0.4, -0.2) is 37.2 Å². The number of ether oxygens (including phenoxy) is 1. The van der Waals surface area contributed by atoms with E-state index in [0.717, 1.165) is 38.4 Å². The summed E-state index contributed by atoms with van der Waals surface area (Å²) in [7, 11) is 0. The number of piperidine rings is 1. The second kappa shape index (κ2) is 7.67. The first-order chi connectivity index (χ1) is 9.70. The molecule has 0 spiro atoms. The number of nitrogens with zero attached hydrogens (tertiary/aromatic N) is 1. The highest BCUT2D eigenvalue weighted by molar-refractivity contribution is 5.18. The molecule has 0 radical (unpaired) electrons. The lowest BCUT2D eigenvalue weighted by Gasteiger charge is -2.32. The summed E-state index contributed by atoms with van der Waals surface area (Å²) in [5, 5.41) is 0. The Hall–Kier alpha value is -1.04. The SMILES string of the molecule is NCCCOC1CCN(Cc2cccc(F)c2F)CC1. The molecule has 0 aromatic heterocycles. The molecule has 112 valence electrons. The number of rotatable bonds is 6. The monoisotopic (exact) mass is 284 g/mol. The highest BCUT2D eigenvalue weighted by Gasteiger charge is 2.20. The van der Waals surface area contributed by atoms with E-state index in [4.69, 9.17) is 10.5 Å². The first kappa shape index (κ1) is 15.4. The summed E-state index contributed by atoms with van der Waals surface area (Å²) in [5.74, 6) is -1.50. The Labute approximate surface area is 118 Å². The molecule has 0 saturated carbocycles. The number of hydrogen-bond donors (Lipinski definition) is 1. The maximum atomic E-state index is 13.6. The third-order valence-electron chi connectivity index (χ3n) is 3.66. The molecule has 1 saturated heterocycles. The number of benzene rings is 1. The van der Waals surface area contributed by atoms with Crippen molar-refractivity contribution in [2.24, 2.45) is 5.73 Å². The maximum Gasteiger partial charge on any atom is 0.163 e. The lowest BCUT2D eigenvalue weighted by atomic mass is 10.1. The van der Waals surface area contributed by atoms with Gasteiger partial charge in [0.05, 0.1) is 6.10 Å². The van der Waals surface area contributed by atoms with Gasteiger partial charge in [-0.3, -0.25) is 4.90 Å². The Balaban J connectivity index is 1.78. The number of hydrogen-bond acceptors (Lipinski definition) is 3. The fourth-order valence-corrected chi connectivity index (χ4v) is 2.48. The van der Waals surface area contributed by atoms with E-state index in [1.807, 2.05) is 0 Å². The van der Waals surface area contributed by atoms with Gasteiger partial charge in [-0.25, -0.2) is 8.78 Å². The van der Waals surface area contributed by atoms with Crippen molar-refractivity contribution in [3.8, 4) is 0 Å². The topological polar surface area (TPSA) is 38.5 Å². The van der Waals surface area contributed by atoms with E-state index in [-0.39, 0.29) is 6.10 Å². The van der Waals surface area contributed by atoms with Crippen molar-refractivity contribution in [1.29, 1.82) is 0 Å². The zero-order chi connectivity index (χ0) is 14.4. The Kier molecular flexibility index (Phi) is 5.88. The van der Waals surface area contributed by atoms with Crippen LogP contribution in [-0.2, 0) is 11.3 Å². The summed E-state index contributed by atoms with van der Waals surface area (Å²) in [4.78, 5) is 2.14. The summed E-state index contributed by atoms with van der Waals surface area (Å²) in [6.45, 7) is 3.52. The van der Waals surface area contributed by atoms with E-state index in [9.17, 15) is 8.78 Å². The van der Waals surface area contributed by atoms with Crippen LogP contribution in [0.5, 0.6) is 0 Å². The molecule has 2 rings (SSSR count). The normalized spacial score (nSPS) is 17.6. The molecular weight excluding hydrogens is 262 g/mol. The van der Waals surface area contributed by atoms with E-state index >= 15 is 0 Å². The zero-order valence-corrected chi connectivity index (χ0v) is 11.7. The molecule has 1 heterocycles. The average molecular weight is 284 g/mol. The summed E-state index contributed by atoms with van der Waals surface area (Å²) >= 11 is 0. The van der Waals surface area contributed by atoms with Crippen LogP contribution in [0, 0.1) is 11.6 Å². The van der Waals surface area contributed by atoms with Crippen molar-refractivity contribution in [2.45, 2.75) is 31.9 Å². The quantitative estimate of drug-likeness (QED) is 0.815. The molecule has 3 nitrogen and oxygen atoms in total. The number of likely N-dealkylation sites (tertiary alicyclic amines) is 1. The lowest BCUT2D eigenvalue weighted by Crippen LogP contribution is -2.37. The molecule has 1 aliphatic heterocycles. The second-order valence-corrected chi connectivity index (χ2v) is 5.20. The minimum Gasteiger partial charge on any atom is -0.378 e. The molecule has 20 heavy (non-hydrogen) atoms. The molecule has 0 aliphatic carbocycles. The minimum atomic E-state index is -0.775. The van der Waals surface area contributed by atoms with Gasteiger partial charge in [-0.05, 0) is 31.9 Å². The smallest absolute Gasteiger partial charge is 0.163 e. The van der Waals surface area contributed by atoms with Gasteiger partial charge in [0.15, 0.2) is 11.6 Å². The molecule has 1 aromatic carbocycles. The molecule has 1 aliphatic rings. The fourth-order valence-electron chi connectivity index (χ4n) is 2.48. The Bertz CT molecular complexity index is 420. The first-order valence-electron chi connectivity index (χ1n) is 7.17. The molecule has 0 atom stereocenters. The summed E-state index contributed by atoms with van der Waals surface area (Å²) in [5.41, 5.74) is 5.85. The minimum absolute atomic E-state index is 0.273. The Morgan fingerprint density at radius 1 is 1.25 bits per heavy atom. The Morgan fingerprint density at radius 2 is 2.00 bits per heavy atom. The molecule has 1 fully saturated rings. The van der Waals surface area contributed by atoms with Gasteiger partial charge in [0.25, 0.3) is 0 Å². The van der Waals surface area contributed by atoms with Crippen molar-refractivity contribution in [1.82, 2.24) is 4.90 Å². The highest BCUT2D eigenvalue weighted by Crippen LogP contribution is 2.19. The molecule has 5 heteroatoms. The van der Waals surface area contributed by atoms with Crippen molar-refractivity contribution < 1.29 is 13.5 Å². The van der Waals surface area contributed by atoms with E-state index < -0.39 is 11.6 Å². The van der Waals surface area contributed by atoms with Crippen LogP contribution < -0.4 is 5.73 Å². The molecule has 0 bridgehead atoms. The van der Waals surface area contributed by atoms with Crippen molar-refractivity contribution >= 4 is 0 Å². The van der Waals surface area contributed by atoms with Gasteiger partial charge in [-0.1, -0.05) is 12.1 Å². The summed E-state index contributed by atoms with van der Waals surface area (Å²) in [6.07, 6.45) is 3.02. The fraction of sp³-hybridized carbons (Fsp3) is 0.600. The van der Waals surface area contributed by atoms with E-state index in [2.05, 4.69) is 4.90 Å². The van der Waals surface area contributed by atoms with Crippen molar-refractivity contribution in [2.75, 3.05) is 26.2 Å². The highest BCUT2D eigenvalue weighted by atomic mass is 19.2. The van der Waals surface area contributed by atoms with Gasteiger partial charge in [-0.2, -0.15) is 0 Å². The van der Waals surface area contributed by atoms with Gasteiger partial charge in [-0.15, -0.1) is 0 Å². The number of nitrogens with two attached hydrogens (primary N) is 1. The molecule has 0 unspecified atom stereocenters. The van der Waals surface area contributed by atoms with Crippen LogP contribution in [0.25, 0.3) is 0 Å². The van der Waals surface area contributed by atoms with Crippen LogP contribution in [0.2, 0.25) is 0 Å². The molecule has 1 aromatic rings. The number of halogens is 2. The summed E-state index contributed by atoms with van der Waals surface area (Å²) < 4.78 is 32.5. The van der Waals surface area contributed by atoms with Gasteiger partial charge < -0.3 is 10.5 Å². The van der Waals surface area contributed by atoms with Crippen molar-refractivity contribution in [3.05, 3.63) is 35.4 Å². The largest absolute Gasteiger partial charge is 0.378 e. The first-order valence-corrected chi connectivity index (χ1v) is 7.17. The maximum absolute atomic E-state index is 13.6. The van der Waals surface area contributed by atoms with Crippen LogP contribution in [0.3, 0.4) is 0 Å². The van der Waals surface area contributed by atoms with E-state index in [1.165, 1.54) is 0 Å². The zero-order valence-electron chi connectivity index (χ0n) is 11.7. The third kappa shape index (κ3) is 4.23. The van der Waals surface area contributed by atoms with Crippen molar-refractivity contribution in [3.63, 3.8) is 0 Å². The Morgan fingerprint density at radius 3 is 2.70 bits per heavy atom. The van der Waals surface area contributed by atoms with Crippen LogP contribution >= 0.6 is 0 Å². The average Bonchev–Trinajstić information content (AvgIpc) is 2.46. The predicted octanol–water partition coefficient (Wildman–Crippen LogP) is 2.29. The van der Waals surface area contributed by atoms with Crippen LogP contribution in [0.4, 0.5) is 8.78 Å². The van der Waals surface area contributed by atoms with Gasteiger partial charge in [0.2, 0.25) is 0 Å². The molecular formula is C15H22F2N2O. The lowest BCUT2D eigenvalue weighted by molar-refractivity contribution is 0.00543. The standard InChI is InChI=1S/C15H22F2N2O/c16-14-4-1-3-12(15(14)17)11-19-8-5-13(6-9-19)20-10-2-7-18/h1,3-4,13H,2,5-11,18H2. The second-order valence-electron chi connectivity index (χ2n) is 5.20. The van der Waals surface area contributed by atoms with E-state index in [0.29, 0.717) is 25.3 Å².